The van der Waals surface area contributed by atoms with Crippen LogP contribution >= 0.6 is 24.0 Å². The lowest BCUT2D eigenvalue weighted by Gasteiger charge is -2.34. The van der Waals surface area contributed by atoms with Crippen molar-refractivity contribution < 1.29 is 13.2 Å². The maximum absolute atomic E-state index is 13.0. The lowest BCUT2D eigenvalue weighted by molar-refractivity contribution is -0.121. The minimum atomic E-state index is -3.76. The lowest BCUT2D eigenvalue weighted by Crippen LogP contribution is -2.49. The molecule has 0 aliphatic carbocycles. The topological polar surface area (TPSA) is 116 Å². The minimum Gasteiger partial charge on any atom is -0.354 e. The molecule has 1 aromatic carbocycles. The summed E-state index contributed by atoms with van der Waals surface area (Å²) in [5.41, 5.74) is 5.57. The number of hydrogen-bond acceptors (Lipinski definition) is 5. The van der Waals surface area contributed by atoms with Crippen molar-refractivity contribution in [3.05, 3.63) is 28.8 Å². The molecule has 144 valence electrons. The van der Waals surface area contributed by atoms with Crippen molar-refractivity contribution in [3.63, 3.8) is 0 Å². The van der Waals surface area contributed by atoms with Crippen LogP contribution in [0.1, 0.15) is 31.2 Å². The van der Waals surface area contributed by atoms with Crippen LogP contribution in [0.15, 0.2) is 23.1 Å². The second kappa shape index (κ2) is 10.1. The Labute approximate surface area is 164 Å². The van der Waals surface area contributed by atoms with E-state index < -0.39 is 10.0 Å². The van der Waals surface area contributed by atoms with Crippen molar-refractivity contribution >= 4 is 39.9 Å². The zero-order valence-corrected chi connectivity index (χ0v) is 16.5. The van der Waals surface area contributed by atoms with Gasteiger partial charge in [0.05, 0.1) is 15.5 Å². The molecule has 2 rings (SSSR count). The van der Waals surface area contributed by atoms with Crippen LogP contribution in [0, 0.1) is 11.3 Å². The van der Waals surface area contributed by atoms with E-state index in [0.717, 1.165) is 12.8 Å². The molecule has 1 unspecified atom stereocenters. The SMILES string of the molecule is Cl.N#Cc1ccc(S(=O)(=O)N2CCCCC2CNC(=O)CCN)cc1Cl. The van der Waals surface area contributed by atoms with Crippen LogP contribution in [0.5, 0.6) is 0 Å². The molecule has 1 aliphatic heterocycles. The molecule has 0 radical (unpaired) electrons. The third kappa shape index (κ3) is 5.32. The predicted octanol–water partition coefficient (Wildman–Crippen LogP) is 1.64. The van der Waals surface area contributed by atoms with Crippen LogP contribution < -0.4 is 11.1 Å². The molecule has 0 saturated carbocycles. The van der Waals surface area contributed by atoms with Crippen LogP contribution in [0.4, 0.5) is 0 Å². The number of nitrogens with one attached hydrogen (secondary N) is 1. The van der Waals surface area contributed by atoms with Crippen molar-refractivity contribution in [1.82, 2.24) is 9.62 Å². The monoisotopic (exact) mass is 420 g/mol. The first-order chi connectivity index (χ1) is 11.9. The first-order valence-corrected chi connectivity index (χ1v) is 9.90. The Bertz CT molecular complexity index is 780. The van der Waals surface area contributed by atoms with Crippen molar-refractivity contribution in [1.29, 1.82) is 5.26 Å². The fourth-order valence-corrected chi connectivity index (χ4v) is 4.83. The van der Waals surface area contributed by atoms with Gasteiger partial charge in [-0.2, -0.15) is 9.57 Å². The molecule has 3 N–H and O–H groups in total. The number of nitrogens with two attached hydrogens (primary N) is 1. The second-order valence-electron chi connectivity index (χ2n) is 5.86. The summed E-state index contributed by atoms with van der Waals surface area (Å²) in [6, 6.07) is 5.69. The van der Waals surface area contributed by atoms with E-state index in [9.17, 15) is 13.2 Å². The fraction of sp³-hybridized carbons (Fsp3) is 0.500. The number of piperidine rings is 1. The van der Waals surface area contributed by atoms with Crippen molar-refractivity contribution in [2.24, 2.45) is 5.73 Å². The van der Waals surface area contributed by atoms with E-state index in [1.807, 2.05) is 6.07 Å². The van der Waals surface area contributed by atoms with Gasteiger partial charge in [0.1, 0.15) is 6.07 Å². The fourth-order valence-electron chi connectivity index (χ4n) is 2.83. The highest BCUT2D eigenvalue weighted by Crippen LogP contribution is 2.27. The van der Waals surface area contributed by atoms with Crippen LogP contribution in [-0.2, 0) is 14.8 Å². The van der Waals surface area contributed by atoms with Crippen LogP contribution in [0.25, 0.3) is 0 Å². The van der Waals surface area contributed by atoms with Gasteiger partial charge in [0.25, 0.3) is 0 Å². The van der Waals surface area contributed by atoms with Gasteiger partial charge in [-0.05, 0) is 31.0 Å². The van der Waals surface area contributed by atoms with Gasteiger partial charge in [0.2, 0.25) is 15.9 Å². The molecule has 1 aliphatic rings. The number of carbonyl (C=O) groups excluding carboxylic acids is 1. The van der Waals surface area contributed by atoms with E-state index in [0.29, 0.717) is 13.0 Å². The van der Waals surface area contributed by atoms with Crippen molar-refractivity contribution in [2.75, 3.05) is 19.6 Å². The van der Waals surface area contributed by atoms with E-state index in [-0.39, 0.29) is 59.3 Å². The van der Waals surface area contributed by atoms with Gasteiger partial charge < -0.3 is 11.1 Å². The van der Waals surface area contributed by atoms with Gasteiger partial charge >= 0.3 is 0 Å². The molecule has 1 aromatic rings. The number of carbonyl (C=O) groups is 1. The number of benzene rings is 1. The van der Waals surface area contributed by atoms with Gasteiger partial charge in [-0.1, -0.05) is 18.0 Å². The summed E-state index contributed by atoms with van der Waals surface area (Å²) in [6.45, 7) is 0.891. The highest BCUT2D eigenvalue weighted by Gasteiger charge is 2.33. The third-order valence-electron chi connectivity index (χ3n) is 4.15. The first kappa shape index (κ1) is 22.7. The highest BCUT2D eigenvalue weighted by molar-refractivity contribution is 7.89. The number of nitriles is 1. The summed E-state index contributed by atoms with van der Waals surface area (Å²) >= 11 is 5.97. The van der Waals surface area contributed by atoms with Crippen molar-refractivity contribution in [3.8, 4) is 6.07 Å². The number of halogens is 2. The van der Waals surface area contributed by atoms with Crippen LogP contribution in [0.2, 0.25) is 5.02 Å². The molecule has 1 amide bonds. The largest absolute Gasteiger partial charge is 0.354 e. The smallest absolute Gasteiger partial charge is 0.243 e. The molecular weight excluding hydrogens is 399 g/mol. The normalized spacial score (nSPS) is 17.8. The molecule has 0 spiro atoms. The molecule has 1 fully saturated rings. The predicted molar refractivity (Wildman–Crippen MR) is 102 cm³/mol. The average molecular weight is 421 g/mol. The Morgan fingerprint density at radius 1 is 1.42 bits per heavy atom. The molecule has 10 heteroatoms. The number of hydrogen-bond donors (Lipinski definition) is 2. The summed E-state index contributed by atoms with van der Waals surface area (Å²) < 4.78 is 27.4. The van der Waals surface area contributed by atoms with Gasteiger partial charge in [-0.25, -0.2) is 8.42 Å². The van der Waals surface area contributed by atoms with Gasteiger partial charge in [0, 0.05) is 32.1 Å². The summed E-state index contributed by atoms with van der Waals surface area (Å²) in [6.07, 6.45) is 2.55. The van der Waals surface area contributed by atoms with Crippen LogP contribution in [-0.4, -0.2) is 44.3 Å². The Hall–Kier alpha value is -1.37. The second-order valence-corrected chi connectivity index (χ2v) is 8.16. The van der Waals surface area contributed by atoms with Gasteiger partial charge in [0.15, 0.2) is 0 Å². The molecule has 1 saturated heterocycles. The molecule has 26 heavy (non-hydrogen) atoms. The molecule has 7 nitrogen and oxygen atoms in total. The summed E-state index contributed by atoms with van der Waals surface area (Å²) in [7, 11) is -3.76. The van der Waals surface area contributed by atoms with Gasteiger partial charge in [-0.15, -0.1) is 12.4 Å². The standard InChI is InChI=1S/C16H21ClN4O3S.ClH/c17-15-9-14(5-4-12(15)10-19)25(23,24)21-8-2-1-3-13(21)11-20-16(22)6-7-18;/h4-5,9,13H,1-3,6-8,11,18H2,(H,20,22);1H. The summed E-state index contributed by atoms with van der Waals surface area (Å²) in [4.78, 5) is 11.7. The minimum absolute atomic E-state index is 0. The van der Waals surface area contributed by atoms with E-state index in [4.69, 9.17) is 22.6 Å². The zero-order valence-electron chi connectivity index (χ0n) is 14.2. The summed E-state index contributed by atoms with van der Waals surface area (Å²) in [5.74, 6) is -0.188. The Balaban J connectivity index is 0.00000338. The molecule has 1 heterocycles. The maximum Gasteiger partial charge on any atom is 0.243 e. The lowest BCUT2D eigenvalue weighted by atomic mass is 10.1. The molecular formula is C16H22Cl2N4O3S. The molecule has 0 aromatic heterocycles. The van der Waals surface area contributed by atoms with E-state index >= 15 is 0 Å². The number of sulfonamides is 1. The number of rotatable bonds is 6. The number of nitrogens with zero attached hydrogens (tertiary/aromatic N) is 2. The molecule has 0 bridgehead atoms. The highest BCUT2D eigenvalue weighted by atomic mass is 35.5. The van der Waals surface area contributed by atoms with E-state index in [1.54, 1.807) is 0 Å². The van der Waals surface area contributed by atoms with E-state index in [1.165, 1.54) is 22.5 Å². The maximum atomic E-state index is 13.0. The van der Waals surface area contributed by atoms with Crippen molar-refractivity contribution in [2.45, 2.75) is 36.6 Å². The van der Waals surface area contributed by atoms with Crippen LogP contribution in [0.3, 0.4) is 0 Å². The average Bonchev–Trinajstić information content (AvgIpc) is 2.60. The number of amides is 1. The Kier molecular flexibility index (Phi) is 8.80. The van der Waals surface area contributed by atoms with E-state index in [2.05, 4.69) is 5.32 Å². The summed E-state index contributed by atoms with van der Waals surface area (Å²) in [5, 5.41) is 11.8. The first-order valence-electron chi connectivity index (χ1n) is 8.08. The molecule has 1 atom stereocenters. The third-order valence-corrected chi connectivity index (χ3v) is 6.41. The quantitative estimate of drug-likeness (QED) is 0.725. The zero-order chi connectivity index (χ0) is 18.4. The van der Waals surface area contributed by atoms with Gasteiger partial charge in [-0.3, -0.25) is 4.79 Å². The Morgan fingerprint density at radius 3 is 2.77 bits per heavy atom. The Morgan fingerprint density at radius 2 is 2.15 bits per heavy atom.